The molecule has 1 aromatic heterocycles. The number of carbonyl (C=O) groups excluding carboxylic acids is 1. The van der Waals surface area contributed by atoms with Crippen LogP contribution < -0.4 is 0 Å². The Morgan fingerprint density at radius 3 is 2.56 bits per heavy atom. The third-order valence-corrected chi connectivity index (χ3v) is 7.61. The summed E-state index contributed by atoms with van der Waals surface area (Å²) in [6.07, 6.45) is 3.25. The van der Waals surface area contributed by atoms with Gasteiger partial charge in [0.15, 0.2) is 9.84 Å². The lowest BCUT2D eigenvalue weighted by Crippen LogP contribution is -2.42. The van der Waals surface area contributed by atoms with E-state index < -0.39 is 15.1 Å². The number of piperidine rings is 1. The van der Waals surface area contributed by atoms with E-state index in [1.807, 2.05) is 6.07 Å². The number of aryl methyl sites for hydroxylation is 1. The maximum absolute atomic E-state index is 12.5. The number of hydrogen-bond donors (Lipinski definition) is 0. The molecule has 0 radical (unpaired) electrons. The van der Waals surface area contributed by atoms with Gasteiger partial charge in [-0.3, -0.25) is 4.79 Å². The second kappa shape index (κ2) is 8.67. The van der Waals surface area contributed by atoms with Gasteiger partial charge in [0.2, 0.25) is 5.91 Å². The van der Waals surface area contributed by atoms with Crippen molar-refractivity contribution < 1.29 is 17.6 Å². The smallest absolute Gasteiger partial charge is 0.222 e. The van der Waals surface area contributed by atoms with Crippen LogP contribution in [0, 0.1) is 0 Å². The number of halogens is 2. The molecule has 0 aliphatic carbocycles. The molecule has 1 aliphatic heterocycles. The highest BCUT2D eigenvalue weighted by molar-refractivity contribution is 7.91. The summed E-state index contributed by atoms with van der Waals surface area (Å²) < 4.78 is 30.2. The maximum Gasteiger partial charge on any atom is 0.222 e. The van der Waals surface area contributed by atoms with Crippen molar-refractivity contribution in [3.63, 3.8) is 0 Å². The standard InChI is InChI=1S/C19H21Cl2NO4S/c20-15-5-3-14(18(21)12-15)4-6-19(23)22-9-7-17(8-10-22)27(24,25)13-16-2-1-11-26-16/h1-3,5,11-12,17H,4,6-10,13H2. The molecule has 0 spiro atoms. The summed E-state index contributed by atoms with van der Waals surface area (Å²) in [5.74, 6) is 0.379. The van der Waals surface area contributed by atoms with Crippen molar-refractivity contribution in [3.05, 3.63) is 58.0 Å². The van der Waals surface area contributed by atoms with Crippen LogP contribution in [-0.2, 0) is 26.8 Å². The highest BCUT2D eigenvalue weighted by atomic mass is 35.5. The van der Waals surface area contributed by atoms with Gasteiger partial charge < -0.3 is 9.32 Å². The summed E-state index contributed by atoms with van der Waals surface area (Å²) >= 11 is 12.0. The van der Waals surface area contributed by atoms with Crippen LogP contribution in [0.3, 0.4) is 0 Å². The molecule has 0 unspecified atom stereocenters. The number of nitrogens with zero attached hydrogens (tertiary/aromatic N) is 1. The molecule has 1 amide bonds. The minimum absolute atomic E-state index is 0.0166. The molecule has 1 aliphatic rings. The molecule has 1 fully saturated rings. The molecule has 0 atom stereocenters. The predicted molar refractivity (Wildman–Crippen MR) is 106 cm³/mol. The molecule has 146 valence electrons. The van der Waals surface area contributed by atoms with Crippen LogP contribution in [0.5, 0.6) is 0 Å². The first kappa shape index (κ1) is 20.2. The van der Waals surface area contributed by atoms with Crippen molar-refractivity contribution in [2.75, 3.05) is 13.1 Å². The van der Waals surface area contributed by atoms with Crippen LogP contribution in [0.15, 0.2) is 41.0 Å². The van der Waals surface area contributed by atoms with Crippen LogP contribution in [0.25, 0.3) is 0 Å². The van der Waals surface area contributed by atoms with Gasteiger partial charge in [-0.25, -0.2) is 8.42 Å². The largest absolute Gasteiger partial charge is 0.468 e. The number of rotatable bonds is 6. The van der Waals surface area contributed by atoms with Gasteiger partial charge in [0.1, 0.15) is 11.5 Å². The first-order valence-corrected chi connectivity index (χ1v) is 11.3. The van der Waals surface area contributed by atoms with Crippen LogP contribution in [-0.4, -0.2) is 37.6 Å². The van der Waals surface area contributed by atoms with Crippen LogP contribution >= 0.6 is 23.2 Å². The molecule has 1 aromatic carbocycles. The second-order valence-corrected chi connectivity index (χ2v) is 9.83. The molecule has 27 heavy (non-hydrogen) atoms. The summed E-state index contributed by atoms with van der Waals surface area (Å²) in [4.78, 5) is 14.2. The summed E-state index contributed by atoms with van der Waals surface area (Å²) in [6, 6.07) is 8.59. The maximum atomic E-state index is 12.5. The summed E-state index contributed by atoms with van der Waals surface area (Å²) in [5, 5.41) is 0.684. The number of amides is 1. The molecule has 0 N–H and O–H groups in total. The van der Waals surface area contributed by atoms with E-state index in [1.165, 1.54) is 6.26 Å². The molecule has 0 bridgehead atoms. The van der Waals surface area contributed by atoms with Crippen molar-refractivity contribution in [2.24, 2.45) is 0 Å². The Labute approximate surface area is 169 Å². The van der Waals surface area contributed by atoms with Crippen molar-refractivity contribution in [1.29, 1.82) is 0 Å². The molecule has 1 saturated heterocycles. The van der Waals surface area contributed by atoms with Crippen molar-refractivity contribution in [1.82, 2.24) is 4.90 Å². The van der Waals surface area contributed by atoms with Gasteiger partial charge in [-0.2, -0.15) is 0 Å². The van der Waals surface area contributed by atoms with Crippen molar-refractivity contribution in [2.45, 2.75) is 36.7 Å². The first-order chi connectivity index (χ1) is 12.8. The minimum atomic E-state index is -3.28. The average molecular weight is 430 g/mol. The number of likely N-dealkylation sites (tertiary alicyclic amines) is 1. The van der Waals surface area contributed by atoms with Gasteiger partial charge >= 0.3 is 0 Å². The summed E-state index contributed by atoms with van der Waals surface area (Å²) in [5.41, 5.74) is 0.880. The van der Waals surface area contributed by atoms with E-state index in [0.29, 0.717) is 54.6 Å². The molecule has 0 saturated carbocycles. The number of sulfone groups is 1. The monoisotopic (exact) mass is 429 g/mol. The van der Waals surface area contributed by atoms with Crippen LogP contribution in [0.4, 0.5) is 0 Å². The Kier molecular flexibility index (Phi) is 6.50. The van der Waals surface area contributed by atoms with Gasteiger partial charge in [-0.1, -0.05) is 29.3 Å². The highest BCUT2D eigenvalue weighted by Gasteiger charge is 2.32. The zero-order chi connectivity index (χ0) is 19.4. The molecule has 8 heteroatoms. The summed E-state index contributed by atoms with van der Waals surface area (Å²) in [6.45, 7) is 0.907. The fourth-order valence-corrected chi connectivity index (χ4v) is 5.53. The second-order valence-electron chi connectivity index (χ2n) is 6.70. The Morgan fingerprint density at radius 2 is 1.93 bits per heavy atom. The minimum Gasteiger partial charge on any atom is -0.468 e. The Hall–Kier alpha value is -1.50. The van der Waals surface area contributed by atoms with E-state index in [9.17, 15) is 13.2 Å². The molecular formula is C19H21Cl2NO4S. The third kappa shape index (κ3) is 5.27. The SMILES string of the molecule is O=C(CCc1ccc(Cl)cc1Cl)N1CCC(S(=O)(=O)Cc2ccco2)CC1. The molecular weight excluding hydrogens is 409 g/mol. The first-order valence-electron chi connectivity index (χ1n) is 8.81. The molecule has 2 heterocycles. The number of furan rings is 1. The quantitative estimate of drug-likeness (QED) is 0.692. The normalized spacial score (nSPS) is 15.9. The van der Waals surface area contributed by atoms with E-state index in [4.69, 9.17) is 27.6 Å². The Balaban J connectivity index is 1.50. The number of benzene rings is 1. The Morgan fingerprint density at radius 1 is 1.19 bits per heavy atom. The Bertz CT molecular complexity index is 888. The van der Waals surface area contributed by atoms with Crippen molar-refractivity contribution in [3.8, 4) is 0 Å². The summed E-state index contributed by atoms with van der Waals surface area (Å²) in [7, 11) is -3.28. The third-order valence-electron chi connectivity index (χ3n) is 4.85. The van der Waals surface area contributed by atoms with Gasteiger partial charge in [0.25, 0.3) is 0 Å². The van der Waals surface area contributed by atoms with Gasteiger partial charge in [0.05, 0.1) is 11.5 Å². The fourth-order valence-electron chi connectivity index (χ4n) is 3.30. The van der Waals surface area contributed by atoms with Gasteiger partial charge in [-0.15, -0.1) is 0 Å². The predicted octanol–water partition coefficient (Wildman–Crippen LogP) is 4.13. The average Bonchev–Trinajstić information content (AvgIpc) is 3.13. The van der Waals surface area contributed by atoms with Gasteiger partial charge in [-0.05, 0) is 49.1 Å². The lowest BCUT2D eigenvalue weighted by molar-refractivity contribution is -0.132. The lowest BCUT2D eigenvalue weighted by Gasteiger charge is -2.31. The van der Waals surface area contributed by atoms with Crippen LogP contribution in [0.2, 0.25) is 10.0 Å². The van der Waals surface area contributed by atoms with E-state index in [-0.39, 0.29) is 11.7 Å². The van der Waals surface area contributed by atoms with Crippen molar-refractivity contribution >= 4 is 38.9 Å². The topological polar surface area (TPSA) is 67.6 Å². The zero-order valence-electron chi connectivity index (χ0n) is 14.7. The van der Waals surface area contributed by atoms with Gasteiger partial charge in [0, 0.05) is 29.6 Å². The lowest BCUT2D eigenvalue weighted by atomic mass is 10.1. The van der Waals surface area contributed by atoms with E-state index in [0.717, 1.165) is 5.56 Å². The van der Waals surface area contributed by atoms with E-state index in [1.54, 1.807) is 29.2 Å². The van der Waals surface area contributed by atoms with Crippen LogP contribution in [0.1, 0.15) is 30.6 Å². The molecule has 2 aromatic rings. The highest BCUT2D eigenvalue weighted by Crippen LogP contribution is 2.24. The van der Waals surface area contributed by atoms with E-state index >= 15 is 0 Å². The zero-order valence-corrected chi connectivity index (χ0v) is 17.1. The fraction of sp³-hybridized carbons (Fsp3) is 0.421. The number of hydrogen-bond acceptors (Lipinski definition) is 4. The van der Waals surface area contributed by atoms with E-state index in [2.05, 4.69) is 0 Å². The molecule has 5 nitrogen and oxygen atoms in total. The number of carbonyl (C=O) groups is 1. The molecule has 3 rings (SSSR count).